The molecule has 27 heavy (non-hydrogen) atoms. The zero-order valence-electron chi connectivity index (χ0n) is 16.2. The minimum Gasteiger partial charge on any atom is -0.300 e. The molecule has 0 amide bonds. The van der Waals surface area contributed by atoms with E-state index in [1.54, 1.807) is 6.07 Å². The normalized spacial score (nSPS) is 18.8. The Bertz CT molecular complexity index is 714. The Kier molecular flexibility index (Phi) is 7.33. The second kappa shape index (κ2) is 8.92. The van der Waals surface area contributed by atoms with Crippen LogP contribution in [0.5, 0.6) is 0 Å². The molecule has 154 valence electrons. The van der Waals surface area contributed by atoms with Crippen molar-refractivity contribution in [1.29, 1.82) is 0 Å². The van der Waals surface area contributed by atoms with Gasteiger partial charge >= 0.3 is 6.18 Å². The van der Waals surface area contributed by atoms with Crippen LogP contribution in [0.4, 0.5) is 13.2 Å². The quantitative estimate of drug-likeness (QED) is 0.694. The summed E-state index contributed by atoms with van der Waals surface area (Å²) < 4.78 is 63.4. The Hall–Kier alpha value is -1.12. The number of hydrogen-bond acceptors (Lipinski definition) is 3. The molecular formula is C19H29F3N2O2S. The van der Waals surface area contributed by atoms with Crippen molar-refractivity contribution in [1.82, 2.24) is 9.21 Å². The number of alkyl halides is 3. The molecule has 1 aromatic rings. The lowest BCUT2D eigenvalue weighted by molar-refractivity contribution is -0.137. The van der Waals surface area contributed by atoms with Gasteiger partial charge in [-0.05, 0) is 50.3 Å². The van der Waals surface area contributed by atoms with Crippen molar-refractivity contribution in [3.05, 3.63) is 35.4 Å². The van der Waals surface area contributed by atoms with Crippen LogP contribution in [0.1, 0.15) is 37.8 Å². The number of likely N-dealkylation sites (N-methyl/N-ethyl adjacent to an activating group) is 1. The van der Waals surface area contributed by atoms with E-state index in [9.17, 15) is 21.6 Å². The molecule has 1 heterocycles. The first kappa shape index (κ1) is 22.2. The summed E-state index contributed by atoms with van der Waals surface area (Å²) in [4.78, 5) is 2.28. The van der Waals surface area contributed by atoms with Gasteiger partial charge in [-0.1, -0.05) is 25.1 Å². The summed E-state index contributed by atoms with van der Waals surface area (Å²) in [5, 5.41) is 0. The third-order valence-corrected chi connectivity index (χ3v) is 6.65. The third-order valence-electron chi connectivity index (χ3n) is 5.35. The third kappa shape index (κ3) is 6.47. The van der Waals surface area contributed by atoms with E-state index < -0.39 is 21.8 Å². The highest BCUT2D eigenvalue weighted by Crippen LogP contribution is 2.30. The first-order chi connectivity index (χ1) is 12.5. The number of halogens is 3. The summed E-state index contributed by atoms with van der Waals surface area (Å²) in [6.07, 6.45) is -0.889. The molecule has 0 radical (unpaired) electrons. The van der Waals surface area contributed by atoms with Gasteiger partial charge in [0.2, 0.25) is 10.0 Å². The minimum absolute atomic E-state index is 0.117. The maximum Gasteiger partial charge on any atom is 0.416 e. The van der Waals surface area contributed by atoms with Crippen LogP contribution in [0.2, 0.25) is 0 Å². The molecule has 1 aromatic carbocycles. The largest absolute Gasteiger partial charge is 0.416 e. The van der Waals surface area contributed by atoms with Gasteiger partial charge in [0.05, 0.1) is 11.8 Å². The molecular weight excluding hydrogens is 377 g/mol. The molecule has 0 aromatic heterocycles. The molecule has 1 unspecified atom stereocenters. The molecule has 0 spiro atoms. The summed E-state index contributed by atoms with van der Waals surface area (Å²) in [6.45, 7) is 6.83. The highest BCUT2D eigenvalue weighted by atomic mass is 32.2. The van der Waals surface area contributed by atoms with Gasteiger partial charge in [0, 0.05) is 25.7 Å². The molecule has 2 rings (SSSR count). The van der Waals surface area contributed by atoms with Gasteiger partial charge in [-0.25, -0.2) is 12.7 Å². The van der Waals surface area contributed by atoms with Crippen LogP contribution in [0.3, 0.4) is 0 Å². The molecule has 0 N–H and O–H groups in total. The van der Waals surface area contributed by atoms with Crippen LogP contribution in [0.25, 0.3) is 0 Å². The molecule has 8 heteroatoms. The molecule has 4 nitrogen and oxygen atoms in total. The SMILES string of the molecule is CCN(CC1CCN(S(C)(=O)=O)CC1)C(C)Cc1cccc(C(F)(F)F)c1. The average molecular weight is 407 g/mol. The molecule has 1 aliphatic rings. The fraction of sp³-hybridized carbons (Fsp3) is 0.684. The number of sulfonamides is 1. The molecule has 1 aliphatic heterocycles. The number of benzene rings is 1. The van der Waals surface area contributed by atoms with Crippen molar-refractivity contribution in [3.63, 3.8) is 0 Å². The van der Waals surface area contributed by atoms with Gasteiger partial charge in [-0.2, -0.15) is 13.2 Å². The first-order valence-electron chi connectivity index (χ1n) is 9.36. The molecule has 0 aliphatic carbocycles. The van der Waals surface area contributed by atoms with Gasteiger partial charge in [-0.15, -0.1) is 0 Å². The monoisotopic (exact) mass is 406 g/mol. The van der Waals surface area contributed by atoms with E-state index in [4.69, 9.17) is 0 Å². The predicted octanol–water partition coefficient (Wildman–Crippen LogP) is 3.63. The highest BCUT2D eigenvalue weighted by molar-refractivity contribution is 7.88. The van der Waals surface area contributed by atoms with Crippen LogP contribution in [-0.4, -0.2) is 56.1 Å². The zero-order chi connectivity index (χ0) is 20.2. The number of piperidine rings is 1. The second-order valence-electron chi connectivity index (χ2n) is 7.44. The lowest BCUT2D eigenvalue weighted by Gasteiger charge is -2.36. The van der Waals surface area contributed by atoms with E-state index in [1.165, 1.54) is 22.7 Å². The minimum atomic E-state index is -4.32. The highest BCUT2D eigenvalue weighted by Gasteiger charge is 2.31. The van der Waals surface area contributed by atoms with E-state index in [0.29, 0.717) is 31.0 Å². The van der Waals surface area contributed by atoms with Gasteiger partial charge in [0.15, 0.2) is 0 Å². The summed E-state index contributed by atoms with van der Waals surface area (Å²) in [5.41, 5.74) is 0.0751. The second-order valence-corrected chi connectivity index (χ2v) is 9.43. The summed E-state index contributed by atoms with van der Waals surface area (Å²) in [6, 6.07) is 5.65. The Morgan fingerprint density at radius 2 is 1.89 bits per heavy atom. The van der Waals surface area contributed by atoms with E-state index in [-0.39, 0.29) is 6.04 Å². The molecule has 1 saturated heterocycles. The van der Waals surface area contributed by atoms with Crippen LogP contribution >= 0.6 is 0 Å². The van der Waals surface area contributed by atoms with E-state index in [2.05, 4.69) is 4.90 Å². The number of hydrogen-bond donors (Lipinski definition) is 0. The molecule has 0 saturated carbocycles. The lowest BCUT2D eigenvalue weighted by atomic mass is 9.96. The van der Waals surface area contributed by atoms with Crippen molar-refractivity contribution in [2.24, 2.45) is 5.92 Å². The van der Waals surface area contributed by atoms with Gasteiger partial charge < -0.3 is 4.90 Å². The summed E-state index contributed by atoms with van der Waals surface area (Å²) in [7, 11) is -3.13. The van der Waals surface area contributed by atoms with Gasteiger partial charge in [-0.3, -0.25) is 0 Å². The van der Waals surface area contributed by atoms with Crippen LogP contribution in [-0.2, 0) is 22.6 Å². The summed E-state index contributed by atoms with van der Waals surface area (Å²) >= 11 is 0. The Labute approximate surface area is 160 Å². The van der Waals surface area contributed by atoms with Gasteiger partial charge in [0.25, 0.3) is 0 Å². The Balaban J connectivity index is 1.94. The number of rotatable bonds is 7. The Morgan fingerprint density at radius 3 is 2.41 bits per heavy atom. The molecule has 0 bridgehead atoms. The van der Waals surface area contributed by atoms with E-state index in [0.717, 1.165) is 32.0 Å². The Morgan fingerprint density at radius 1 is 1.26 bits per heavy atom. The van der Waals surface area contributed by atoms with Crippen LogP contribution in [0, 0.1) is 5.92 Å². The predicted molar refractivity (Wildman–Crippen MR) is 101 cm³/mol. The zero-order valence-corrected chi connectivity index (χ0v) is 17.0. The smallest absolute Gasteiger partial charge is 0.300 e. The van der Waals surface area contributed by atoms with Crippen molar-refractivity contribution in [2.75, 3.05) is 32.4 Å². The van der Waals surface area contributed by atoms with Crippen LogP contribution < -0.4 is 0 Å². The fourth-order valence-corrected chi connectivity index (χ4v) is 4.59. The summed E-state index contributed by atoms with van der Waals surface area (Å²) in [5.74, 6) is 0.409. The fourth-order valence-electron chi connectivity index (χ4n) is 3.72. The van der Waals surface area contributed by atoms with Crippen LogP contribution in [0.15, 0.2) is 24.3 Å². The van der Waals surface area contributed by atoms with Gasteiger partial charge in [0.1, 0.15) is 0 Å². The maximum atomic E-state index is 12.9. The number of nitrogens with zero attached hydrogens (tertiary/aromatic N) is 2. The van der Waals surface area contributed by atoms with Crippen molar-refractivity contribution < 1.29 is 21.6 Å². The lowest BCUT2D eigenvalue weighted by Crippen LogP contribution is -2.43. The van der Waals surface area contributed by atoms with Crippen molar-refractivity contribution in [2.45, 2.75) is 45.3 Å². The molecule has 1 fully saturated rings. The molecule has 1 atom stereocenters. The van der Waals surface area contributed by atoms with E-state index >= 15 is 0 Å². The maximum absolute atomic E-state index is 12.9. The van der Waals surface area contributed by atoms with Crippen molar-refractivity contribution >= 4 is 10.0 Å². The first-order valence-corrected chi connectivity index (χ1v) is 11.2. The average Bonchev–Trinajstić information content (AvgIpc) is 2.58. The van der Waals surface area contributed by atoms with Crippen molar-refractivity contribution in [3.8, 4) is 0 Å². The van der Waals surface area contributed by atoms with E-state index in [1.807, 2.05) is 13.8 Å². The standard InChI is InChI=1S/C19H29F3N2O2S/c1-4-23(14-16-8-10-24(11-9-16)27(3,25)26)15(2)12-17-6-5-7-18(13-17)19(20,21)22/h5-7,13,15-16H,4,8-12,14H2,1-3H3. The topological polar surface area (TPSA) is 40.6 Å².